The minimum absolute atomic E-state index is 0.285. The van der Waals surface area contributed by atoms with E-state index in [4.69, 9.17) is 4.52 Å². The second-order valence-electron chi connectivity index (χ2n) is 5.58. The Kier molecular flexibility index (Phi) is 4.10. The molecule has 7 nitrogen and oxygen atoms in total. The number of rotatable bonds is 5. The van der Waals surface area contributed by atoms with Gasteiger partial charge in [0.2, 0.25) is 0 Å². The molecule has 0 atom stereocenters. The van der Waals surface area contributed by atoms with Crippen LogP contribution in [0, 0.1) is 6.92 Å². The molecule has 0 saturated heterocycles. The molecule has 120 valence electrons. The summed E-state index contributed by atoms with van der Waals surface area (Å²) < 4.78 is 7.91. The van der Waals surface area contributed by atoms with E-state index >= 15 is 0 Å². The van der Waals surface area contributed by atoms with E-state index in [0.717, 1.165) is 24.3 Å². The average Bonchev–Trinajstić information content (AvgIpc) is 2.97. The summed E-state index contributed by atoms with van der Waals surface area (Å²) in [6.45, 7) is 2.25. The lowest BCUT2D eigenvalue weighted by Gasteiger charge is -2.09. The maximum atomic E-state index is 12.5. The number of hydrogen-bond donors (Lipinski definition) is 0. The van der Waals surface area contributed by atoms with Crippen molar-refractivity contribution in [2.75, 3.05) is 0 Å². The third-order valence-electron chi connectivity index (χ3n) is 3.88. The summed E-state index contributed by atoms with van der Waals surface area (Å²) in [5.41, 5.74) is 0.867. The van der Waals surface area contributed by atoms with Crippen LogP contribution in [-0.4, -0.2) is 19.3 Å². The van der Waals surface area contributed by atoms with Crippen LogP contribution in [-0.2, 0) is 20.0 Å². The largest absolute Gasteiger partial charge is 0.361 e. The number of aromatic nitrogens is 4. The second-order valence-corrected chi connectivity index (χ2v) is 5.58. The van der Waals surface area contributed by atoms with Gasteiger partial charge >= 0.3 is 5.69 Å². The fraction of sp³-hybridized carbons (Fsp3) is 0.375. The van der Waals surface area contributed by atoms with Crippen LogP contribution in [0.1, 0.15) is 24.3 Å². The summed E-state index contributed by atoms with van der Waals surface area (Å²) >= 11 is 0. The van der Waals surface area contributed by atoms with Crippen molar-refractivity contribution in [3.05, 3.63) is 56.8 Å². The Balaban J connectivity index is 1.78. The first-order valence-electron chi connectivity index (χ1n) is 7.53. The fourth-order valence-corrected chi connectivity index (χ4v) is 2.66. The van der Waals surface area contributed by atoms with Crippen LogP contribution in [0.3, 0.4) is 0 Å². The van der Waals surface area contributed by atoms with Crippen LogP contribution in [0.5, 0.6) is 0 Å². The van der Waals surface area contributed by atoms with Gasteiger partial charge in [-0.1, -0.05) is 5.16 Å². The lowest BCUT2D eigenvalue weighted by atomic mass is 10.2. The summed E-state index contributed by atoms with van der Waals surface area (Å²) in [5.74, 6) is 0.825. The van der Waals surface area contributed by atoms with Crippen LogP contribution in [0.25, 0.3) is 10.9 Å². The third-order valence-corrected chi connectivity index (χ3v) is 3.88. The summed E-state index contributed by atoms with van der Waals surface area (Å²) in [6.07, 6.45) is 5.34. The Bertz CT molecular complexity index is 952. The molecule has 3 rings (SSSR count). The lowest BCUT2D eigenvalue weighted by Crippen LogP contribution is -2.39. The number of nitrogens with zero attached hydrogens (tertiary/aromatic N) is 4. The number of fused-ring (bicyclic) bond motifs is 1. The van der Waals surface area contributed by atoms with Crippen molar-refractivity contribution in [2.24, 2.45) is 7.05 Å². The number of unbranched alkanes of at least 4 members (excludes halogenated alkanes) is 1. The van der Waals surface area contributed by atoms with Crippen LogP contribution in [0.2, 0.25) is 0 Å². The summed E-state index contributed by atoms with van der Waals surface area (Å²) in [5, 5.41) is 4.30. The maximum Gasteiger partial charge on any atom is 0.331 e. The van der Waals surface area contributed by atoms with Crippen molar-refractivity contribution >= 4 is 10.9 Å². The van der Waals surface area contributed by atoms with Crippen molar-refractivity contribution in [3.63, 3.8) is 0 Å². The molecule has 23 heavy (non-hydrogen) atoms. The highest BCUT2D eigenvalue weighted by molar-refractivity contribution is 5.76. The van der Waals surface area contributed by atoms with E-state index < -0.39 is 0 Å². The van der Waals surface area contributed by atoms with E-state index in [1.807, 2.05) is 13.0 Å². The van der Waals surface area contributed by atoms with Gasteiger partial charge in [-0.15, -0.1) is 0 Å². The van der Waals surface area contributed by atoms with E-state index in [1.54, 1.807) is 19.3 Å². The van der Waals surface area contributed by atoms with E-state index in [1.165, 1.54) is 15.3 Å². The van der Waals surface area contributed by atoms with Crippen LogP contribution >= 0.6 is 0 Å². The number of pyridine rings is 1. The molecule has 0 unspecified atom stereocenters. The van der Waals surface area contributed by atoms with Gasteiger partial charge in [-0.3, -0.25) is 18.9 Å². The molecule has 0 aromatic carbocycles. The Morgan fingerprint density at radius 3 is 2.83 bits per heavy atom. The standard InChI is InChI=1S/C16H18N4O3/c1-11-9-12(23-18-11)5-3-4-8-20-15(21)13-10-17-7-6-14(13)19(2)16(20)22/h6-7,9-10H,3-5,8H2,1-2H3. The molecular formula is C16H18N4O3. The van der Waals surface area contributed by atoms with Gasteiger partial charge in [0.15, 0.2) is 0 Å². The molecule has 0 amide bonds. The number of aryl methyl sites for hydroxylation is 3. The molecule has 0 spiro atoms. The van der Waals surface area contributed by atoms with Gasteiger partial charge in [-0.25, -0.2) is 4.79 Å². The molecule has 0 radical (unpaired) electrons. The first-order valence-corrected chi connectivity index (χ1v) is 7.53. The Morgan fingerprint density at radius 1 is 1.26 bits per heavy atom. The minimum atomic E-state index is -0.302. The van der Waals surface area contributed by atoms with Gasteiger partial charge in [0.1, 0.15) is 5.76 Å². The molecule has 7 heteroatoms. The van der Waals surface area contributed by atoms with E-state index in [-0.39, 0.29) is 11.2 Å². The average molecular weight is 314 g/mol. The molecule has 0 aliphatic heterocycles. The van der Waals surface area contributed by atoms with Gasteiger partial charge in [0.25, 0.3) is 5.56 Å². The lowest BCUT2D eigenvalue weighted by molar-refractivity contribution is 0.374. The van der Waals surface area contributed by atoms with Gasteiger partial charge < -0.3 is 4.52 Å². The van der Waals surface area contributed by atoms with Crippen LogP contribution < -0.4 is 11.2 Å². The highest BCUT2D eigenvalue weighted by Crippen LogP contribution is 2.08. The molecule has 0 bridgehead atoms. The molecule has 0 N–H and O–H groups in total. The first-order chi connectivity index (χ1) is 11.1. The zero-order chi connectivity index (χ0) is 16.4. The molecule has 0 aliphatic rings. The van der Waals surface area contributed by atoms with Crippen molar-refractivity contribution in [2.45, 2.75) is 32.7 Å². The highest BCUT2D eigenvalue weighted by atomic mass is 16.5. The van der Waals surface area contributed by atoms with Gasteiger partial charge in [-0.2, -0.15) is 0 Å². The smallest absolute Gasteiger partial charge is 0.331 e. The van der Waals surface area contributed by atoms with Gasteiger partial charge in [-0.05, 0) is 25.8 Å². The predicted molar refractivity (Wildman–Crippen MR) is 85.4 cm³/mol. The topological polar surface area (TPSA) is 82.9 Å². The van der Waals surface area contributed by atoms with E-state index in [9.17, 15) is 9.59 Å². The zero-order valence-electron chi connectivity index (χ0n) is 13.2. The Morgan fingerprint density at radius 2 is 2.09 bits per heavy atom. The molecule has 3 heterocycles. The molecular weight excluding hydrogens is 296 g/mol. The predicted octanol–water partition coefficient (Wildman–Crippen LogP) is 1.41. The van der Waals surface area contributed by atoms with E-state index in [2.05, 4.69) is 10.1 Å². The number of hydrogen-bond acceptors (Lipinski definition) is 5. The maximum absolute atomic E-state index is 12.5. The zero-order valence-corrected chi connectivity index (χ0v) is 13.2. The van der Waals surface area contributed by atoms with Crippen molar-refractivity contribution in [1.29, 1.82) is 0 Å². The fourth-order valence-electron chi connectivity index (χ4n) is 2.66. The summed E-state index contributed by atoms with van der Waals surface area (Å²) in [4.78, 5) is 28.8. The SMILES string of the molecule is Cc1cc(CCCCn2c(=O)c3cnccc3n(C)c2=O)on1. The van der Waals surface area contributed by atoms with Crippen LogP contribution in [0.4, 0.5) is 0 Å². The van der Waals surface area contributed by atoms with Crippen molar-refractivity contribution in [1.82, 2.24) is 19.3 Å². The van der Waals surface area contributed by atoms with Crippen molar-refractivity contribution in [3.8, 4) is 0 Å². The first kappa shape index (κ1) is 15.2. The minimum Gasteiger partial charge on any atom is -0.361 e. The highest BCUT2D eigenvalue weighted by Gasteiger charge is 2.10. The molecule has 0 aliphatic carbocycles. The summed E-state index contributed by atoms with van der Waals surface area (Å²) in [6, 6.07) is 3.57. The quantitative estimate of drug-likeness (QED) is 0.665. The Labute approximate surface area is 132 Å². The molecule has 3 aromatic rings. The monoisotopic (exact) mass is 314 g/mol. The normalized spacial score (nSPS) is 11.2. The van der Waals surface area contributed by atoms with Crippen LogP contribution in [0.15, 0.2) is 38.6 Å². The molecule has 0 saturated carbocycles. The molecule has 0 fully saturated rings. The van der Waals surface area contributed by atoms with E-state index in [0.29, 0.717) is 23.9 Å². The van der Waals surface area contributed by atoms with Gasteiger partial charge in [0, 0.05) is 38.5 Å². The molecule has 3 aromatic heterocycles. The second kappa shape index (κ2) is 6.20. The third kappa shape index (κ3) is 2.94. The van der Waals surface area contributed by atoms with Crippen molar-refractivity contribution < 1.29 is 4.52 Å². The Hall–Kier alpha value is -2.70. The summed E-state index contributed by atoms with van der Waals surface area (Å²) in [7, 11) is 1.66. The van der Waals surface area contributed by atoms with Gasteiger partial charge in [0.05, 0.1) is 16.6 Å².